The minimum absolute atomic E-state index is 0.104. The van der Waals surface area contributed by atoms with Crippen LogP contribution >= 0.6 is 0 Å². The SMILES string of the molecule is COc1ccc(COC2CN(C(=O)O)CCC2c2cccc(C(F)(F)F)c2)cc1. The molecule has 29 heavy (non-hydrogen) atoms. The van der Waals surface area contributed by atoms with Gasteiger partial charge in [0.15, 0.2) is 0 Å². The molecule has 156 valence electrons. The third-order valence-corrected chi connectivity index (χ3v) is 5.09. The van der Waals surface area contributed by atoms with Crippen molar-refractivity contribution in [3.8, 4) is 5.75 Å². The van der Waals surface area contributed by atoms with E-state index < -0.39 is 23.9 Å². The summed E-state index contributed by atoms with van der Waals surface area (Å²) in [5, 5.41) is 9.31. The summed E-state index contributed by atoms with van der Waals surface area (Å²) in [5.41, 5.74) is 0.648. The van der Waals surface area contributed by atoms with Crippen LogP contribution in [-0.4, -0.2) is 42.4 Å². The molecule has 2 atom stereocenters. The van der Waals surface area contributed by atoms with Gasteiger partial charge < -0.3 is 19.5 Å². The molecule has 0 radical (unpaired) electrons. The first-order valence-electron chi connectivity index (χ1n) is 9.17. The molecule has 8 heteroatoms. The zero-order chi connectivity index (χ0) is 21.0. The lowest BCUT2D eigenvalue weighted by Crippen LogP contribution is -2.46. The van der Waals surface area contributed by atoms with E-state index in [0.29, 0.717) is 17.7 Å². The minimum atomic E-state index is -4.43. The lowest BCUT2D eigenvalue weighted by atomic mass is 9.86. The summed E-state index contributed by atoms with van der Waals surface area (Å²) >= 11 is 0. The van der Waals surface area contributed by atoms with Gasteiger partial charge in [0.25, 0.3) is 0 Å². The molecule has 1 aliphatic heterocycles. The summed E-state index contributed by atoms with van der Waals surface area (Å²) < 4.78 is 50.4. The van der Waals surface area contributed by atoms with Crippen molar-refractivity contribution in [2.45, 2.75) is 31.2 Å². The van der Waals surface area contributed by atoms with Gasteiger partial charge in [-0.25, -0.2) is 4.79 Å². The van der Waals surface area contributed by atoms with E-state index >= 15 is 0 Å². The van der Waals surface area contributed by atoms with Crippen LogP contribution < -0.4 is 4.74 Å². The van der Waals surface area contributed by atoms with Gasteiger partial charge in [-0.3, -0.25) is 0 Å². The van der Waals surface area contributed by atoms with Crippen molar-refractivity contribution in [3.05, 3.63) is 65.2 Å². The zero-order valence-corrected chi connectivity index (χ0v) is 15.9. The van der Waals surface area contributed by atoms with Crippen LogP contribution in [0.15, 0.2) is 48.5 Å². The van der Waals surface area contributed by atoms with Gasteiger partial charge in [0.05, 0.1) is 31.9 Å². The lowest BCUT2D eigenvalue weighted by Gasteiger charge is -2.37. The van der Waals surface area contributed by atoms with Crippen LogP contribution in [-0.2, 0) is 17.5 Å². The van der Waals surface area contributed by atoms with E-state index in [4.69, 9.17) is 9.47 Å². The van der Waals surface area contributed by atoms with Gasteiger partial charge in [-0.2, -0.15) is 13.2 Å². The molecule has 2 aromatic carbocycles. The molecule has 1 fully saturated rings. The molecule has 1 heterocycles. The first-order valence-corrected chi connectivity index (χ1v) is 9.17. The number of likely N-dealkylation sites (tertiary alicyclic amines) is 1. The maximum atomic E-state index is 13.1. The second kappa shape index (κ2) is 8.73. The van der Waals surface area contributed by atoms with Gasteiger partial charge in [-0.15, -0.1) is 0 Å². The van der Waals surface area contributed by atoms with Crippen molar-refractivity contribution in [3.63, 3.8) is 0 Å². The summed E-state index contributed by atoms with van der Waals surface area (Å²) in [4.78, 5) is 12.6. The Morgan fingerprint density at radius 1 is 1.21 bits per heavy atom. The topological polar surface area (TPSA) is 59.0 Å². The number of hydrogen-bond donors (Lipinski definition) is 1. The highest BCUT2D eigenvalue weighted by molar-refractivity contribution is 5.65. The van der Waals surface area contributed by atoms with E-state index in [1.54, 1.807) is 25.3 Å². The van der Waals surface area contributed by atoms with E-state index in [-0.39, 0.29) is 25.6 Å². The number of nitrogens with zero attached hydrogens (tertiary/aromatic N) is 1. The number of amides is 1. The molecule has 2 unspecified atom stereocenters. The third-order valence-electron chi connectivity index (χ3n) is 5.09. The highest BCUT2D eigenvalue weighted by Gasteiger charge is 2.35. The predicted octanol–water partition coefficient (Wildman–Crippen LogP) is 4.77. The van der Waals surface area contributed by atoms with Gasteiger partial charge in [0.2, 0.25) is 0 Å². The summed E-state index contributed by atoms with van der Waals surface area (Å²) in [6, 6.07) is 12.4. The molecule has 1 N–H and O–H groups in total. The van der Waals surface area contributed by atoms with Gasteiger partial charge in [-0.05, 0) is 35.7 Å². The number of carboxylic acid groups (broad SMARTS) is 1. The fourth-order valence-electron chi connectivity index (χ4n) is 3.51. The number of piperidine rings is 1. The van der Waals surface area contributed by atoms with Crippen LogP contribution in [0.2, 0.25) is 0 Å². The third kappa shape index (κ3) is 5.20. The Bertz CT molecular complexity index is 839. The van der Waals surface area contributed by atoms with E-state index in [9.17, 15) is 23.1 Å². The number of carbonyl (C=O) groups is 1. The highest BCUT2D eigenvalue weighted by Crippen LogP contribution is 2.35. The molecule has 0 bridgehead atoms. The van der Waals surface area contributed by atoms with Crippen molar-refractivity contribution in [2.75, 3.05) is 20.2 Å². The van der Waals surface area contributed by atoms with Crippen molar-refractivity contribution < 1.29 is 32.5 Å². The monoisotopic (exact) mass is 409 g/mol. The smallest absolute Gasteiger partial charge is 0.416 e. The van der Waals surface area contributed by atoms with E-state index in [2.05, 4.69) is 0 Å². The Labute approximate surface area is 166 Å². The lowest BCUT2D eigenvalue weighted by molar-refractivity contribution is -0.137. The number of methoxy groups -OCH3 is 1. The van der Waals surface area contributed by atoms with E-state index in [0.717, 1.165) is 17.7 Å². The number of halogens is 3. The molecular formula is C21H22F3NO4. The Balaban J connectivity index is 1.79. The number of ether oxygens (including phenoxy) is 2. The van der Waals surface area contributed by atoms with Crippen LogP contribution in [0.4, 0.5) is 18.0 Å². The molecule has 0 aromatic heterocycles. The second-order valence-electron chi connectivity index (χ2n) is 6.94. The molecular weight excluding hydrogens is 387 g/mol. The van der Waals surface area contributed by atoms with Crippen molar-refractivity contribution in [2.24, 2.45) is 0 Å². The standard InChI is InChI=1S/C21H22F3NO4/c1-28-17-7-5-14(6-8-17)13-29-19-12-25(20(26)27)10-9-18(19)15-3-2-4-16(11-15)21(22,23)24/h2-8,11,18-19H,9-10,12-13H2,1H3,(H,26,27). The maximum Gasteiger partial charge on any atom is 0.416 e. The van der Waals surface area contributed by atoms with Gasteiger partial charge >= 0.3 is 12.3 Å². The maximum absolute atomic E-state index is 13.1. The Morgan fingerprint density at radius 2 is 1.93 bits per heavy atom. The molecule has 1 amide bonds. The number of hydrogen-bond acceptors (Lipinski definition) is 3. The normalized spacial score (nSPS) is 19.8. The minimum Gasteiger partial charge on any atom is -0.497 e. The molecule has 1 saturated heterocycles. The molecule has 0 saturated carbocycles. The Morgan fingerprint density at radius 3 is 2.55 bits per heavy atom. The summed E-state index contributed by atoms with van der Waals surface area (Å²) in [6.45, 7) is 0.572. The highest BCUT2D eigenvalue weighted by atomic mass is 19.4. The van der Waals surface area contributed by atoms with Crippen LogP contribution in [0.1, 0.15) is 29.0 Å². The number of alkyl halides is 3. The zero-order valence-electron chi connectivity index (χ0n) is 15.9. The van der Waals surface area contributed by atoms with Crippen LogP contribution in [0.25, 0.3) is 0 Å². The van der Waals surface area contributed by atoms with E-state index in [1.165, 1.54) is 11.0 Å². The quantitative estimate of drug-likeness (QED) is 0.773. The fourth-order valence-corrected chi connectivity index (χ4v) is 3.51. The number of benzene rings is 2. The first-order chi connectivity index (χ1) is 13.8. The van der Waals surface area contributed by atoms with Crippen LogP contribution in [0.5, 0.6) is 5.75 Å². The molecule has 0 spiro atoms. The molecule has 2 aromatic rings. The summed E-state index contributed by atoms with van der Waals surface area (Å²) in [6.07, 6.45) is -5.66. The molecule has 5 nitrogen and oxygen atoms in total. The summed E-state index contributed by atoms with van der Waals surface area (Å²) in [5.74, 6) is 0.372. The van der Waals surface area contributed by atoms with Gasteiger partial charge in [0.1, 0.15) is 5.75 Å². The average molecular weight is 409 g/mol. The van der Waals surface area contributed by atoms with Gasteiger partial charge in [0, 0.05) is 12.5 Å². The summed E-state index contributed by atoms with van der Waals surface area (Å²) in [7, 11) is 1.56. The van der Waals surface area contributed by atoms with E-state index in [1.807, 2.05) is 12.1 Å². The number of rotatable bonds is 5. The van der Waals surface area contributed by atoms with Crippen LogP contribution in [0.3, 0.4) is 0 Å². The first kappa shape index (κ1) is 21.0. The Hall–Kier alpha value is -2.74. The van der Waals surface area contributed by atoms with Crippen molar-refractivity contribution >= 4 is 6.09 Å². The van der Waals surface area contributed by atoms with Gasteiger partial charge in [-0.1, -0.05) is 30.3 Å². The second-order valence-corrected chi connectivity index (χ2v) is 6.94. The largest absolute Gasteiger partial charge is 0.497 e. The molecule has 3 rings (SSSR count). The Kier molecular flexibility index (Phi) is 6.32. The van der Waals surface area contributed by atoms with Crippen molar-refractivity contribution in [1.29, 1.82) is 0 Å². The molecule has 1 aliphatic rings. The van der Waals surface area contributed by atoms with Crippen molar-refractivity contribution in [1.82, 2.24) is 4.90 Å². The fraction of sp³-hybridized carbons (Fsp3) is 0.381. The average Bonchev–Trinajstić information content (AvgIpc) is 2.72. The van der Waals surface area contributed by atoms with Crippen LogP contribution in [0, 0.1) is 0 Å². The molecule has 0 aliphatic carbocycles. The predicted molar refractivity (Wildman–Crippen MR) is 100.0 cm³/mol.